The van der Waals surface area contributed by atoms with Crippen molar-refractivity contribution in [1.82, 2.24) is 9.78 Å². The molecule has 1 aromatic carbocycles. The lowest BCUT2D eigenvalue weighted by molar-refractivity contribution is 0.577. The fourth-order valence-electron chi connectivity index (χ4n) is 1.56. The molecule has 1 heterocycles. The highest BCUT2D eigenvalue weighted by molar-refractivity contribution is 6.30. The highest BCUT2D eigenvalue weighted by Crippen LogP contribution is 2.26. The molecular formula is C11H10ClF2N3. The van der Waals surface area contributed by atoms with Gasteiger partial charge in [0.2, 0.25) is 0 Å². The van der Waals surface area contributed by atoms with Gasteiger partial charge in [0.05, 0.1) is 17.3 Å². The molecule has 0 amide bonds. The van der Waals surface area contributed by atoms with Crippen molar-refractivity contribution in [2.45, 2.75) is 6.04 Å². The van der Waals surface area contributed by atoms with E-state index < -0.39 is 17.7 Å². The van der Waals surface area contributed by atoms with Gasteiger partial charge in [0.15, 0.2) is 0 Å². The lowest BCUT2D eigenvalue weighted by Gasteiger charge is -2.11. The zero-order valence-corrected chi connectivity index (χ0v) is 9.75. The van der Waals surface area contributed by atoms with E-state index in [0.29, 0.717) is 5.56 Å². The molecule has 6 heteroatoms. The predicted octanol–water partition coefficient (Wildman–Crippen LogP) is 2.40. The first kappa shape index (κ1) is 12.0. The maximum atomic E-state index is 13.6. The van der Waals surface area contributed by atoms with E-state index >= 15 is 0 Å². The van der Waals surface area contributed by atoms with E-state index in [2.05, 4.69) is 5.10 Å². The number of hydrogen-bond donors (Lipinski definition) is 1. The molecular weight excluding hydrogens is 248 g/mol. The first-order valence-corrected chi connectivity index (χ1v) is 5.25. The molecule has 17 heavy (non-hydrogen) atoms. The smallest absolute Gasteiger partial charge is 0.142 e. The van der Waals surface area contributed by atoms with E-state index in [1.807, 2.05) is 0 Å². The van der Waals surface area contributed by atoms with E-state index in [4.69, 9.17) is 17.3 Å². The van der Waals surface area contributed by atoms with Gasteiger partial charge in [0.25, 0.3) is 0 Å². The molecule has 0 fully saturated rings. The third kappa shape index (κ3) is 2.30. The SMILES string of the molecule is Cn1cc(C(N)c2cc(F)c(Cl)cc2F)cn1. The van der Waals surface area contributed by atoms with E-state index in [-0.39, 0.29) is 10.6 Å². The first-order chi connectivity index (χ1) is 7.99. The Hall–Kier alpha value is -1.46. The van der Waals surface area contributed by atoms with Crippen molar-refractivity contribution in [1.29, 1.82) is 0 Å². The summed E-state index contributed by atoms with van der Waals surface area (Å²) in [6.07, 6.45) is 3.16. The number of hydrogen-bond acceptors (Lipinski definition) is 2. The number of rotatable bonds is 2. The minimum Gasteiger partial charge on any atom is -0.320 e. The highest BCUT2D eigenvalue weighted by Gasteiger charge is 2.17. The molecule has 2 aromatic rings. The number of nitrogens with two attached hydrogens (primary N) is 1. The van der Waals surface area contributed by atoms with Crippen LogP contribution >= 0.6 is 11.6 Å². The van der Waals surface area contributed by atoms with Crippen LogP contribution in [0.5, 0.6) is 0 Å². The van der Waals surface area contributed by atoms with Crippen LogP contribution in [0.2, 0.25) is 5.02 Å². The average molecular weight is 258 g/mol. The van der Waals surface area contributed by atoms with Crippen molar-refractivity contribution >= 4 is 11.6 Å². The third-order valence-corrected chi connectivity index (χ3v) is 2.75. The summed E-state index contributed by atoms with van der Waals surface area (Å²) in [5.41, 5.74) is 6.51. The van der Waals surface area contributed by atoms with Gasteiger partial charge in [-0.3, -0.25) is 4.68 Å². The summed E-state index contributed by atoms with van der Waals surface area (Å²) < 4.78 is 28.4. The Labute approximate surface area is 102 Å². The Balaban J connectivity index is 2.43. The molecule has 0 aliphatic heterocycles. The zero-order valence-electron chi connectivity index (χ0n) is 8.99. The summed E-state index contributed by atoms with van der Waals surface area (Å²) >= 11 is 5.47. The van der Waals surface area contributed by atoms with Gasteiger partial charge in [-0.1, -0.05) is 11.6 Å². The Morgan fingerprint density at radius 1 is 1.35 bits per heavy atom. The van der Waals surface area contributed by atoms with Gasteiger partial charge in [-0.25, -0.2) is 8.78 Å². The van der Waals surface area contributed by atoms with E-state index in [1.54, 1.807) is 17.9 Å². The molecule has 90 valence electrons. The Kier molecular flexibility index (Phi) is 3.13. The van der Waals surface area contributed by atoms with Crippen LogP contribution < -0.4 is 5.73 Å². The number of nitrogens with zero attached hydrogens (tertiary/aromatic N) is 2. The summed E-state index contributed by atoms with van der Waals surface area (Å²) in [5, 5.41) is 3.67. The standard InChI is InChI=1S/C11H10ClF2N3/c1-17-5-6(4-16-17)11(15)7-2-10(14)8(12)3-9(7)13/h2-5,11H,15H2,1H3. The lowest BCUT2D eigenvalue weighted by atomic mass is 10.0. The number of halogens is 3. The third-order valence-electron chi connectivity index (χ3n) is 2.46. The van der Waals surface area contributed by atoms with Gasteiger partial charge in [-0.15, -0.1) is 0 Å². The minimum absolute atomic E-state index is 0.0555. The monoisotopic (exact) mass is 257 g/mol. The van der Waals surface area contributed by atoms with Crippen molar-refractivity contribution in [3.8, 4) is 0 Å². The van der Waals surface area contributed by atoms with Crippen LogP contribution in [0.1, 0.15) is 17.2 Å². The van der Waals surface area contributed by atoms with Gasteiger partial charge in [-0.05, 0) is 12.1 Å². The Morgan fingerprint density at radius 2 is 2.06 bits per heavy atom. The molecule has 0 aliphatic rings. The van der Waals surface area contributed by atoms with Gasteiger partial charge in [0, 0.05) is 24.4 Å². The fourth-order valence-corrected chi connectivity index (χ4v) is 1.71. The van der Waals surface area contributed by atoms with Crippen LogP contribution in [0.3, 0.4) is 0 Å². The second-order valence-electron chi connectivity index (χ2n) is 3.71. The number of aromatic nitrogens is 2. The molecule has 0 saturated carbocycles. The second kappa shape index (κ2) is 4.43. The molecule has 3 nitrogen and oxygen atoms in total. The molecule has 2 N–H and O–H groups in total. The summed E-state index contributed by atoms with van der Waals surface area (Å²) in [5.74, 6) is -1.32. The Bertz CT molecular complexity index is 554. The van der Waals surface area contributed by atoms with Crippen molar-refractivity contribution < 1.29 is 8.78 Å². The normalized spacial score (nSPS) is 12.8. The van der Waals surface area contributed by atoms with Gasteiger partial charge < -0.3 is 5.73 Å². The molecule has 0 bridgehead atoms. The van der Waals surface area contributed by atoms with Crippen molar-refractivity contribution in [2.24, 2.45) is 12.8 Å². The molecule has 1 unspecified atom stereocenters. The lowest BCUT2D eigenvalue weighted by Crippen LogP contribution is -2.13. The van der Waals surface area contributed by atoms with Crippen LogP contribution in [0.15, 0.2) is 24.5 Å². The summed E-state index contributed by atoms with van der Waals surface area (Å²) in [6, 6.07) is 1.16. The van der Waals surface area contributed by atoms with Crippen LogP contribution in [-0.2, 0) is 7.05 Å². The van der Waals surface area contributed by atoms with Crippen LogP contribution in [0.25, 0.3) is 0 Å². The summed E-state index contributed by atoms with van der Waals surface area (Å²) in [7, 11) is 1.72. The molecule has 1 aromatic heterocycles. The molecule has 1 atom stereocenters. The first-order valence-electron chi connectivity index (χ1n) is 4.87. The topological polar surface area (TPSA) is 43.8 Å². The van der Waals surface area contributed by atoms with E-state index in [0.717, 1.165) is 12.1 Å². The molecule has 2 rings (SSSR count). The quantitative estimate of drug-likeness (QED) is 0.840. The van der Waals surface area contributed by atoms with Crippen molar-refractivity contribution in [3.05, 3.63) is 52.3 Å². The van der Waals surface area contributed by atoms with Crippen molar-refractivity contribution in [2.75, 3.05) is 0 Å². The van der Waals surface area contributed by atoms with Crippen molar-refractivity contribution in [3.63, 3.8) is 0 Å². The average Bonchev–Trinajstić information content (AvgIpc) is 2.69. The largest absolute Gasteiger partial charge is 0.320 e. The summed E-state index contributed by atoms with van der Waals surface area (Å²) in [4.78, 5) is 0. The van der Waals surface area contributed by atoms with Gasteiger partial charge in [0.1, 0.15) is 11.6 Å². The molecule has 0 spiro atoms. The van der Waals surface area contributed by atoms with Crippen LogP contribution in [0.4, 0.5) is 8.78 Å². The molecule has 0 aliphatic carbocycles. The van der Waals surface area contributed by atoms with Gasteiger partial charge in [-0.2, -0.15) is 5.10 Å². The highest BCUT2D eigenvalue weighted by atomic mass is 35.5. The maximum Gasteiger partial charge on any atom is 0.142 e. The minimum atomic E-state index is -0.768. The zero-order chi connectivity index (χ0) is 12.6. The number of aryl methyl sites for hydroxylation is 1. The molecule has 0 radical (unpaired) electrons. The maximum absolute atomic E-state index is 13.6. The Morgan fingerprint density at radius 3 is 2.65 bits per heavy atom. The van der Waals surface area contributed by atoms with E-state index in [1.165, 1.54) is 6.20 Å². The summed E-state index contributed by atoms with van der Waals surface area (Å²) in [6.45, 7) is 0. The fraction of sp³-hybridized carbons (Fsp3) is 0.182. The second-order valence-corrected chi connectivity index (χ2v) is 4.12. The van der Waals surface area contributed by atoms with E-state index in [9.17, 15) is 8.78 Å². The van der Waals surface area contributed by atoms with Crippen LogP contribution in [-0.4, -0.2) is 9.78 Å². The van der Waals surface area contributed by atoms with Gasteiger partial charge >= 0.3 is 0 Å². The predicted molar refractivity (Wildman–Crippen MR) is 60.6 cm³/mol. The molecule has 0 saturated heterocycles. The van der Waals surface area contributed by atoms with Crippen LogP contribution in [0, 0.1) is 11.6 Å². The number of benzene rings is 1.